The lowest BCUT2D eigenvalue weighted by Gasteiger charge is -2.26. The zero-order valence-corrected chi connectivity index (χ0v) is 12.1. The van der Waals surface area contributed by atoms with E-state index in [9.17, 15) is 9.59 Å². The molecule has 3 heterocycles. The number of hydrogen-bond acceptors (Lipinski definition) is 4. The Labute approximate surface area is 123 Å². The highest BCUT2D eigenvalue weighted by Crippen LogP contribution is 2.14. The molecule has 112 valence electrons. The third-order valence-corrected chi connectivity index (χ3v) is 3.94. The van der Waals surface area contributed by atoms with E-state index < -0.39 is 0 Å². The van der Waals surface area contributed by atoms with Crippen molar-refractivity contribution in [3.05, 3.63) is 18.2 Å². The molecule has 0 saturated heterocycles. The van der Waals surface area contributed by atoms with Crippen molar-refractivity contribution in [1.82, 2.24) is 19.9 Å². The molecule has 1 atom stereocenters. The van der Waals surface area contributed by atoms with E-state index in [4.69, 9.17) is 0 Å². The molecule has 0 bridgehead atoms. The third-order valence-electron chi connectivity index (χ3n) is 3.94. The van der Waals surface area contributed by atoms with Crippen LogP contribution in [0.2, 0.25) is 0 Å². The van der Waals surface area contributed by atoms with E-state index in [2.05, 4.69) is 20.0 Å². The highest BCUT2D eigenvalue weighted by atomic mass is 16.2. The van der Waals surface area contributed by atoms with Gasteiger partial charge in [0, 0.05) is 50.8 Å². The zero-order chi connectivity index (χ0) is 14.8. The van der Waals surface area contributed by atoms with E-state index >= 15 is 0 Å². The molecule has 0 aromatic carbocycles. The molecule has 0 saturated carbocycles. The van der Waals surface area contributed by atoms with Crippen molar-refractivity contribution < 1.29 is 9.59 Å². The SMILES string of the molecule is CCN1N=C(C(=O)N[C@H]2CCc3nccn3C2)CCC1=O. The van der Waals surface area contributed by atoms with Crippen LogP contribution in [0.15, 0.2) is 17.5 Å². The van der Waals surface area contributed by atoms with Gasteiger partial charge in [-0.2, -0.15) is 5.10 Å². The number of aromatic nitrogens is 2. The molecule has 0 fully saturated rings. The average molecular weight is 289 g/mol. The monoisotopic (exact) mass is 289 g/mol. The van der Waals surface area contributed by atoms with Gasteiger partial charge in [0.05, 0.1) is 0 Å². The molecule has 3 rings (SSSR count). The van der Waals surface area contributed by atoms with Gasteiger partial charge >= 0.3 is 0 Å². The molecule has 0 radical (unpaired) electrons. The van der Waals surface area contributed by atoms with E-state index in [1.165, 1.54) is 5.01 Å². The summed E-state index contributed by atoms with van der Waals surface area (Å²) in [7, 11) is 0. The first-order valence-corrected chi connectivity index (χ1v) is 7.36. The van der Waals surface area contributed by atoms with Gasteiger partial charge in [-0.15, -0.1) is 0 Å². The normalized spacial score (nSPS) is 21.8. The van der Waals surface area contributed by atoms with Gasteiger partial charge in [-0.1, -0.05) is 0 Å². The molecule has 1 aromatic heterocycles. The van der Waals surface area contributed by atoms with Crippen molar-refractivity contribution in [3.63, 3.8) is 0 Å². The molecule has 0 unspecified atom stereocenters. The molecular weight excluding hydrogens is 270 g/mol. The fourth-order valence-corrected chi connectivity index (χ4v) is 2.76. The Morgan fingerprint density at radius 2 is 2.29 bits per heavy atom. The summed E-state index contributed by atoms with van der Waals surface area (Å²) in [5.41, 5.74) is 0.452. The highest BCUT2D eigenvalue weighted by molar-refractivity contribution is 6.39. The smallest absolute Gasteiger partial charge is 0.267 e. The number of aryl methyl sites for hydroxylation is 1. The summed E-state index contributed by atoms with van der Waals surface area (Å²) in [5, 5.41) is 8.54. The second-order valence-electron chi connectivity index (χ2n) is 5.36. The van der Waals surface area contributed by atoms with Crippen LogP contribution in [0, 0.1) is 0 Å². The fourth-order valence-electron chi connectivity index (χ4n) is 2.76. The minimum Gasteiger partial charge on any atom is -0.346 e. The van der Waals surface area contributed by atoms with Crippen LogP contribution in [0.25, 0.3) is 0 Å². The lowest BCUT2D eigenvalue weighted by atomic mass is 10.1. The number of nitrogens with one attached hydrogen (secondary N) is 1. The summed E-state index contributed by atoms with van der Waals surface area (Å²) < 4.78 is 2.07. The van der Waals surface area contributed by atoms with Gasteiger partial charge in [-0.3, -0.25) is 9.59 Å². The molecule has 0 aliphatic carbocycles. The number of fused-ring (bicyclic) bond motifs is 1. The van der Waals surface area contributed by atoms with Crippen LogP contribution >= 0.6 is 0 Å². The Morgan fingerprint density at radius 1 is 1.43 bits per heavy atom. The number of nitrogens with zero attached hydrogens (tertiary/aromatic N) is 4. The van der Waals surface area contributed by atoms with Gasteiger partial charge in [-0.25, -0.2) is 9.99 Å². The maximum Gasteiger partial charge on any atom is 0.267 e. The largest absolute Gasteiger partial charge is 0.346 e. The van der Waals surface area contributed by atoms with Gasteiger partial charge in [0.1, 0.15) is 11.5 Å². The van der Waals surface area contributed by atoms with Gasteiger partial charge < -0.3 is 9.88 Å². The highest BCUT2D eigenvalue weighted by Gasteiger charge is 2.26. The quantitative estimate of drug-likeness (QED) is 0.870. The topological polar surface area (TPSA) is 79.6 Å². The Hall–Kier alpha value is -2.18. The molecule has 7 nitrogen and oxygen atoms in total. The van der Waals surface area contributed by atoms with Crippen LogP contribution in [0.4, 0.5) is 0 Å². The minimum absolute atomic E-state index is 0.0187. The Morgan fingerprint density at radius 3 is 3.10 bits per heavy atom. The summed E-state index contributed by atoms with van der Waals surface area (Å²) >= 11 is 0. The molecule has 1 N–H and O–H groups in total. The van der Waals surface area contributed by atoms with Crippen LogP contribution in [-0.4, -0.2) is 44.7 Å². The summed E-state index contributed by atoms with van der Waals surface area (Å²) in [6.07, 6.45) is 6.25. The van der Waals surface area contributed by atoms with Gasteiger partial charge in [0.2, 0.25) is 5.91 Å². The van der Waals surface area contributed by atoms with E-state index in [1.54, 1.807) is 6.20 Å². The van der Waals surface area contributed by atoms with Crippen molar-refractivity contribution in [2.45, 2.75) is 45.2 Å². The van der Waals surface area contributed by atoms with Crippen LogP contribution in [0.3, 0.4) is 0 Å². The number of amides is 2. The van der Waals surface area contributed by atoms with Crippen LogP contribution in [-0.2, 0) is 22.6 Å². The molecule has 21 heavy (non-hydrogen) atoms. The number of hydrazone groups is 1. The number of rotatable bonds is 3. The molecule has 2 aliphatic rings. The molecule has 2 amide bonds. The first kappa shape index (κ1) is 13.8. The zero-order valence-electron chi connectivity index (χ0n) is 12.1. The second kappa shape index (κ2) is 5.67. The number of imidazole rings is 1. The van der Waals surface area contributed by atoms with Crippen LogP contribution < -0.4 is 5.32 Å². The van der Waals surface area contributed by atoms with Crippen molar-refractivity contribution >= 4 is 17.5 Å². The maximum atomic E-state index is 12.3. The summed E-state index contributed by atoms with van der Waals surface area (Å²) in [6, 6.07) is 0.0922. The lowest BCUT2D eigenvalue weighted by molar-refractivity contribution is -0.131. The van der Waals surface area contributed by atoms with E-state index in [0.717, 1.165) is 25.2 Å². The number of carbonyl (C=O) groups excluding carboxylic acids is 2. The molecular formula is C14H19N5O2. The predicted octanol–water partition coefficient (Wildman–Crippen LogP) is 0.312. The van der Waals surface area contributed by atoms with Crippen LogP contribution in [0.5, 0.6) is 0 Å². The van der Waals surface area contributed by atoms with Crippen molar-refractivity contribution in [1.29, 1.82) is 0 Å². The molecule has 0 spiro atoms. The number of hydrogen-bond donors (Lipinski definition) is 1. The van der Waals surface area contributed by atoms with E-state index in [0.29, 0.717) is 25.1 Å². The van der Waals surface area contributed by atoms with Gasteiger partial charge in [0.15, 0.2) is 0 Å². The summed E-state index contributed by atoms with van der Waals surface area (Å²) in [6.45, 7) is 3.09. The first-order chi connectivity index (χ1) is 10.2. The Bertz CT molecular complexity index is 592. The second-order valence-corrected chi connectivity index (χ2v) is 5.36. The number of carbonyl (C=O) groups is 2. The molecule has 2 aliphatic heterocycles. The third kappa shape index (κ3) is 2.81. The van der Waals surface area contributed by atoms with Gasteiger partial charge in [-0.05, 0) is 13.3 Å². The van der Waals surface area contributed by atoms with E-state index in [1.807, 2.05) is 13.1 Å². The molecule has 7 heteroatoms. The van der Waals surface area contributed by atoms with Crippen molar-refractivity contribution in [3.8, 4) is 0 Å². The minimum atomic E-state index is -0.158. The summed E-state index contributed by atoms with van der Waals surface area (Å²) in [4.78, 5) is 28.1. The Balaban J connectivity index is 1.63. The Kier molecular flexibility index (Phi) is 3.72. The van der Waals surface area contributed by atoms with Gasteiger partial charge in [0.25, 0.3) is 5.91 Å². The van der Waals surface area contributed by atoms with Crippen molar-refractivity contribution in [2.75, 3.05) is 6.54 Å². The predicted molar refractivity (Wildman–Crippen MR) is 76.5 cm³/mol. The van der Waals surface area contributed by atoms with E-state index in [-0.39, 0.29) is 17.9 Å². The fraction of sp³-hybridized carbons (Fsp3) is 0.571. The standard InChI is InChI=1S/C14H19N5O2/c1-2-19-13(20)6-4-11(17-19)14(21)16-10-3-5-12-15-7-8-18(12)9-10/h7-8,10H,2-6,9H2,1H3,(H,16,21)/t10-/m0/s1. The summed E-state index contributed by atoms with van der Waals surface area (Å²) in [5.74, 6) is 0.891. The lowest BCUT2D eigenvalue weighted by Crippen LogP contribution is -2.46. The van der Waals surface area contributed by atoms with Crippen molar-refractivity contribution in [2.24, 2.45) is 5.10 Å². The molecule has 1 aromatic rings. The first-order valence-electron chi connectivity index (χ1n) is 7.36. The average Bonchev–Trinajstić information content (AvgIpc) is 2.95. The maximum absolute atomic E-state index is 12.3. The van der Waals surface area contributed by atoms with Crippen LogP contribution in [0.1, 0.15) is 32.0 Å².